The summed E-state index contributed by atoms with van der Waals surface area (Å²) in [4.78, 5) is 1.99. The molecule has 17 heavy (non-hydrogen) atoms. The van der Waals surface area contributed by atoms with Gasteiger partial charge in [-0.3, -0.25) is 0 Å². The highest BCUT2D eigenvalue weighted by Crippen LogP contribution is 2.27. The van der Waals surface area contributed by atoms with Crippen molar-refractivity contribution in [3.05, 3.63) is 28.8 Å². The Labute approximate surface area is 111 Å². The molecule has 0 radical (unpaired) electrons. The predicted molar refractivity (Wildman–Crippen MR) is 73.7 cm³/mol. The number of aliphatic hydroxyl groups excluding tert-OH is 2. The highest BCUT2D eigenvalue weighted by Gasteiger charge is 2.15. The summed E-state index contributed by atoms with van der Waals surface area (Å²) in [7, 11) is 0. The van der Waals surface area contributed by atoms with Gasteiger partial charge >= 0.3 is 0 Å². The second-order valence-corrected chi connectivity index (χ2v) is 4.28. The summed E-state index contributed by atoms with van der Waals surface area (Å²) in [6, 6.07) is 5.29. The molecule has 0 bridgehead atoms. The largest absolute Gasteiger partial charge is 0.395 e. The maximum absolute atomic E-state index is 9.00. The number of nitrogens with zero attached hydrogens (tertiary/aromatic N) is 1. The smallest absolute Gasteiger partial charge is 0.107 e. The highest BCUT2D eigenvalue weighted by atomic mass is 35.5. The molecule has 1 aromatic carbocycles. The minimum absolute atomic E-state index is 0.0245. The minimum Gasteiger partial charge on any atom is -0.395 e. The molecule has 6 heteroatoms. The summed E-state index contributed by atoms with van der Waals surface area (Å²) in [5.41, 5.74) is 6.95. The van der Waals surface area contributed by atoms with E-state index in [1.54, 1.807) is 17.0 Å². The van der Waals surface area contributed by atoms with E-state index in [0.29, 0.717) is 23.7 Å². The van der Waals surface area contributed by atoms with Gasteiger partial charge in [0, 0.05) is 18.8 Å². The normalized spacial score (nSPS) is 10.3. The fourth-order valence-electron chi connectivity index (χ4n) is 1.61. The molecule has 0 spiro atoms. The van der Waals surface area contributed by atoms with Crippen molar-refractivity contribution in [2.24, 2.45) is 5.73 Å². The number of rotatable bonds is 6. The minimum atomic E-state index is -0.0245. The predicted octanol–water partition coefficient (Wildman–Crippen LogP) is 0.765. The lowest BCUT2D eigenvalue weighted by atomic mass is 10.1. The third kappa shape index (κ3) is 3.54. The van der Waals surface area contributed by atoms with E-state index < -0.39 is 0 Å². The average Bonchev–Trinajstić information content (AvgIpc) is 2.28. The lowest BCUT2D eigenvalue weighted by Crippen LogP contribution is -2.31. The van der Waals surface area contributed by atoms with Gasteiger partial charge in [0.25, 0.3) is 0 Å². The Morgan fingerprint density at radius 2 is 1.88 bits per heavy atom. The van der Waals surface area contributed by atoms with Crippen LogP contribution in [-0.2, 0) is 0 Å². The number of hydrogen-bond acceptors (Lipinski definition) is 4. The quantitative estimate of drug-likeness (QED) is 0.669. The van der Waals surface area contributed by atoms with Crippen molar-refractivity contribution in [2.75, 3.05) is 31.2 Å². The van der Waals surface area contributed by atoms with Gasteiger partial charge in [0.15, 0.2) is 0 Å². The Hall–Kier alpha value is -0.880. The first kappa shape index (κ1) is 14.2. The molecular formula is C11H15ClN2O2S. The number of benzene rings is 1. The molecular weight excluding hydrogens is 260 g/mol. The first-order chi connectivity index (χ1) is 8.11. The fourth-order valence-corrected chi connectivity index (χ4v) is 2.16. The van der Waals surface area contributed by atoms with Gasteiger partial charge in [0.1, 0.15) is 4.99 Å². The second-order valence-electron chi connectivity index (χ2n) is 3.43. The summed E-state index contributed by atoms with van der Waals surface area (Å²) in [5.74, 6) is 0. The van der Waals surface area contributed by atoms with Crippen molar-refractivity contribution >= 4 is 34.5 Å². The number of thiocarbonyl (C=S) groups is 1. The van der Waals surface area contributed by atoms with Crippen LogP contribution in [0.2, 0.25) is 5.02 Å². The van der Waals surface area contributed by atoms with Crippen LogP contribution in [0.5, 0.6) is 0 Å². The zero-order valence-electron chi connectivity index (χ0n) is 9.27. The molecule has 0 aromatic heterocycles. The molecule has 94 valence electrons. The summed E-state index contributed by atoms with van der Waals surface area (Å²) < 4.78 is 0. The number of aliphatic hydroxyl groups is 2. The van der Waals surface area contributed by atoms with Gasteiger partial charge < -0.3 is 20.8 Å². The molecule has 0 saturated carbocycles. The molecule has 0 heterocycles. The Bertz CT molecular complexity index is 395. The molecule has 0 fully saturated rings. The van der Waals surface area contributed by atoms with Gasteiger partial charge in [0.05, 0.1) is 23.8 Å². The molecule has 0 saturated heterocycles. The third-order valence-corrected chi connectivity index (χ3v) is 2.84. The molecule has 1 aromatic rings. The van der Waals surface area contributed by atoms with Gasteiger partial charge in [-0.25, -0.2) is 0 Å². The van der Waals surface area contributed by atoms with E-state index in [-0.39, 0.29) is 18.2 Å². The first-order valence-corrected chi connectivity index (χ1v) is 5.95. The van der Waals surface area contributed by atoms with Crippen LogP contribution in [0.1, 0.15) is 5.56 Å². The van der Waals surface area contributed by atoms with Crippen LogP contribution < -0.4 is 10.6 Å². The number of hydrogen-bond donors (Lipinski definition) is 3. The third-order valence-electron chi connectivity index (χ3n) is 2.32. The van der Waals surface area contributed by atoms with E-state index in [1.165, 1.54) is 0 Å². The van der Waals surface area contributed by atoms with Gasteiger partial charge in [-0.2, -0.15) is 0 Å². The Kier molecular flexibility index (Phi) is 5.64. The molecule has 0 aliphatic rings. The van der Waals surface area contributed by atoms with Crippen molar-refractivity contribution in [3.63, 3.8) is 0 Å². The Morgan fingerprint density at radius 1 is 1.29 bits per heavy atom. The van der Waals surface area contributed by atoms with E-state index in [2.05, 4.69) is 0 Å². The van der Waals surface area contributed by atoms with Crippen molar-refractivity contribution in [1.82, 2.24) is 0 Å². The van der Waals surface area contributed by atoms with Gasteiger partial charge in [-0.1, -0.05) is 29.9 Å². The topological polar surface area (TPSA) is 69.7 Å². The van der Waals surface area contributed by atoms with Gasteiger partial charge in [-0.05, 0) is 12.1 Å². The molecule has 4 N–H and O–H groups in total. The average molecular weight is 275 g/mol. The summed E-state index contributed by atoms with van der Waals surface area (Å²) >= 11 is 11.0. The Balaban J connectivity index is 3.17. The SMILES string of the molecule is NC(=S)c1c(Cl)cccc1N(CCO)CCO. The first-order valence-electron chi connectivity index (χ1n) is 5.16. The van der Waals surface area contributed by atoms with E-state index >= 15 is 0 Å². The summed E-state index contributed by atoms with van der Waals surface area (Å²) in [6.45, 7) is 0.722. The lowest BCUT2D eigenvalue weighted by Gasteiger charge is -2.25. The van der Waals surface area contributed by atoms with Crippen LogP contribution in [0.25, 0.3) is 0 Å². The molecule has 0 amide bonds. The second kappa shape index (κ2) is 6.76. The monoisotopic (exact) mass is 274 g/mol. The summed E-state index contributed by atoms with van der Waals surface area (Å²) in [6.07, 6.45) is 0. The highest BCUT2D eigenvalue weighted by molar-refractivity contribution is 7.80. The van der Waals surface area contributed by atoms with Crippen LogP contribution in [-0.4, -0.2) is 41.5 Å². The molecule has 0 atom stereocenters. The van der Waals surface area contributed by atoms with Crippen LogP contribution in [0, 0.1) is 0 Å². The van der Waals surface area contributed by atoms with Gasteiger partial charge in [-0.15, -0.1) is 0 Å². The van der Waals surface area contributed by atoms with Crippen molar-refractivity contribution < 1.29 is 10.2 Å². The lowest BCUT2D eigenvalue weighted by molar-refractivity contribution is 0.281. The number of nitrogens with two attached hydrogens (primary N) is 1. The zero-order chi connectivity index (χ0) is 12.8. The molecule has 0 aliphatic heterocycles. The van der Waals surface area contributed by atoms with Crippen LogP contribution in [0.15, 0.2) is 18.2 Å². The van der Waals surface area contributed by atoms with E-state index in [1.807, 2.05) is 6.07 Å². The number of halogens is 1. The maximum atomic E-state index is 9.00. The van der Waals surface area contributed by atoms with Crippen molar-refractivity contribution in [2.45, 2.75) is 0 Å². The van der Waals surface area contributed by atoms with E-state index in [9.17, 15) is 0 Å². The fraction of sp³-hybridized carbons (Fsp3) is 0.364. The van der Waals surface area contributed by atoms with Gasteiger partial charge in [0.2, 0.25) is 0 Å². The zero-order valence-corrected chi connectivity index (χ0v) is 10.8. The standard InChI is InChI=1S/C11H15ClN2O2S/c12-8-2-1-3-9(10(8)11(13)17)14(4-6-15)5-7-16/h1-3,15-16H,4-7H2,(H2,13,17). The van der Waals surface area contributed by atoms with E-state index in [4.69, 9.17) is 39.8 Å². The van der Waals surface area contributed by atoms with Crippen molar-refractivity contribution in [1.29, 1.82) is 0 Å². The van der Waals surface area contributed by atoms with E-state index in [0.717, 1.165) is 5.69 Å². The molecule has 1 rings (SSSR count). The van der Waals surface area contributed by atoms with Crippen LogP contribution >= 0.6 is 23.8 Å². The maximum Gasteiger partial charge on any atom is 0.107 e. The number of anilines is 1. The van der Waals surface area contributed by atoms with Crippen LogP contribution in [0.4, 0.5) is 5.69 Å². The Morgan fingerprint density at radius 3 is 2.35 bits per heavy atom. The molecule has 4 nitrogen and oxygen atoms in total. The molecule has 0 unspecified atom stereocenters. The summed E-state index contributed by atoms with van der Waals surface area (Å²) in [5, 5.41) is 18.5. The van der Waals surface area contributed by atoms with Crippen molar-refractivity contribution in [3.8, 4) is 0 Å². The molecule has 0 aliphatic carbocycles. The van der Waals surface area contributed by atoms with Crippen LogP contribution in [0.3, 0.4) is 0 Å².